The number of nitrogens with one attached hydrogen (secondary N) is 1. The lowest BCUT2D eigenvalue weighted by molar-refractivity contribution is 0.0816. The minimum Gasteiger partial charge on any atom is -0.393 e. The van der Waals surface area contributed by atoms with Gasteiger partial charge < -0.3 is 16.2 Å². The minimum atomic E-state index is -0.831. The molecule has 0 unspecified atom stereocenters. The van der Waals surface area contributed by atoms with Gasteiger partial charge in [-0.25, -0.2) is 4.39 Å². The Labute approximate surface area is 197 Å². The second-order valence-corrected chi connectivity index (χ2v) is 10.5. The van der Waals surface area contributed by atoms with Gasteiger partial charge in [0.1, 0.15) is 5.82 Å². The number of anilines is 1. The van der Waals surface area contributed by atoms with E-state index in [4.69, 9.17) is 5.73 Å². The SMILES string of the molecule is CC1(C)CC(=O)n2c(c(-c3cc(F)c(C(N)=O)c(N[C@H]4CC[C@H](O)CC4)c3)c3ccccc32)C1. The van der Waals surface area contributed by atoms with Gasteiger partial charge in [0.2, 0.25) is 5.91 Å². The van der Waals surface area contributed by atoms with E-state index in [9.17, 15) is 14.7 Å². The Hall–Kier alpha value is -3.19. The summed E-state index contributed by atoms with van der Waals surface area (Å²) >= 11 is 0. The zero-order valence-electron chi connectivity index (χ0n) is 19.5. The summed E-state index contributed by atoms with van der Waals surface area (Å²) in [6.45, 7) is 4.13. The highest BCUT2D eigenvalue weighted by molar-refractivity contribution is 6.06. The topological polar surface area (TPSA) is 97.4 Å². The number of halogens is 1. The maximum Gasteiger partial charge on any atom is 0.253 e. The standard InChI is InChI=1S/C27H30FN3O3/c1-27(2)13-22-24(18-5-3-4-6-21(18)31(22)23(33)14-27)15-11-19(28)25(26(29)34)20(12-15)30-16-7-9-17(32)10-8-16/h3-6,11-12,16-17,30,32H,7-10,13-14H2,1-2H3,(H2,29,34)/t16-,17-. The van der Waals surface area contributed by atoms with Gasteiger partial charge in [-0.2, -0.15) is 0 Å². The van der Waals surface area contributed by atoms with E-state index in [-0.39, 0.29) is 29.0 Å². The predicted octanol–water partition coefficient (Wildman–Crippen LogP) is 4.87. The van der Waals surface area contributed by atoms with Crippen LogP contribution in [0.25, 0.3) is 22.0 Å². The highest BCUT2D eigenvalue weighted by Crippen LogP contribution is 2.44. The molecule has 1 amide bonds. The van der Waals surface area contributed by atoms with Crippen molar-refractivity contribution in [2.24, 2.45) is 11.1 Å². The van der Waals surface area contributed by atoms with Crippen LogP contribution < -0.4 is 11.1 Å². The number of benzene rings is 2. The Kier molecular flexibility index (Phi) is 5.47. The van der Waals surface area contributed by atoms with Gasteiger partial charge in [0.25, 0.3) is 5.91 Å². The predicted molar refractivity (Wildman–Crippen MR) is 130 cm³/mol. The van der Waals surface area contributed by atoms with Crippen LogP contribution in [0.3, 0.4) is 0 Å². The van der Waals surface area contributed by atoms with E-state index in [0.717, 1.165) is 35.0 Å². The van der Waals surface area contributed by atoms with E-state index in [0.29, 0.717) is 36.9 Å². The molecule has 0 saturated heterocycles. The van der Waals surface area contributed by atoms with E-state index in [1.165, 1.54) is 6.07 Å². The monoisotopic (exact) mass is 463 g/mol. The first-order valence-corrected chi connectivity index (χ1v) is 11.9. The zero-order chi connectivity index (χ0) is 24.2. The molecule has 1 aliphatic carbocycles. The van der Waals surface area contributed by atoms with Crippen molar-refractivity contribution in [3.05, 3.63) is 53.5 Å². The van der Waals surface area contributed by atoms with E-state index in [2.05, 4.69) is 19.2 Å². The highest BCUT2D eigenvalue weighted by Gasteiger charge is 2.35. The quantitative estimate of drug-likeness (QED) is 0.514. The second-order valence-electron chi connectivity index (χ2n) is 10.5. The largest absolute Gasteiger partial charge is 0.393 e. The lowest BCUT2D eigenvalue weighted by Gasteiger charge is -2.31. The van der Waals surface area contributed by atoms with Gasteiger partial charge in [-0.1, -0.05) is 32.0 Å². The molecule has 178 valence electrons. The van der Waals surface area contributed by atoms with E-state index >= 15 is 4.39 Å². The van der Waals surface area contributed by atoms with Gasteiger partial charge in [0.15, 0.2) is 0 Å². The number of nitrogens with two attached hydrogens (primary N) is 1. The average molecular weight is 464 g/mol. The Bertz CT molecular complexity index is 1300. The molecule has 2 heterocycles. The van der Waals surface area contributed by atoms with Crippen LogP contribution in [0.2, 0.25) is 0 Å². The number of rotatable bonds is 4. The van der Waals surface area contributed by atoms with Crippen molar-refractivity contribution >= 4 is 28.4 Å². The average Bonchev–Trinajstić information content (AvgIpc) is 3.07. The molecule has 3 aromatic rings. The molecule has 2 aromatic carbocycles. The molecule has 1 fully saturated rings. The third-order valence-corrected chi connectivity index (χ3v) is 7.18. The third-order valence-electron chi connectivity index (χ3n) is 7.18. The van der Waals surface area contributed by atoms with Crippen molar-refractivity contribution in [2.75, 3.05) is 5.32 Å². The van der Waals surface area contributed by atoms with Crippen LogP contribution in [0.15, 0.2) is 36.4 Å². The van der Waals surface area contributed by atoms with Gasteiger partial charge in [-0.15, -0.1) is 0 Å². The van der Waals surface area contributed by atoms with Crippen molar-refractivity contribution in [3.63, 3.8) is 0 Å². The molecule has 1 aromatic heterocycles. The molecule has 0 atom stereocenters. The highest BCUT2D eigenvalue weighted by atomic mass is 19.1. The summed E-state index contributed by atoms with van der Waals surface area (Å²) in [7, 11) is 0. The molecule has 5 rings (SSSR count). The number of para-hydroxylation sites is 1. The molecule has 1 aliphatic heterocycles. The van der Waals surface area contributed by atoms with Crippen molar-refractivity contribution in [2.45, 2.75) is 64.5 Å². The molecular formula is C27H30FN3O3. The number of hydrogen-bond donors (Lipinski definition) is 3. The van der Waals surface area contributed by atoms with Crippen LogP contribution in [0.1, 0.15) is 66.8 Å². The number of aliphatic hydroxyl groups excluding tert-OH is 1. The molecule has 0 bridgehead atoms. The van der Waals surface area contributed by atoms with Gasteiger partial charge in [-0.05, 0) is 61.3 Å². The number of nitrogens with zero attached hydrogens (tertiary/aromatic N) is 1. The van der Waals surface area contributed by atoms with Gasteiger partial charge in [0.05, 0.1) is 22.9 Å². The normalized spacial score (nSPS) is 21.9. The molecule has 2 aliphatic rings. The number of primary amides is 1. The maximum absolute atomic E-state index is 15.4. The fourth-order valence-corrected chi connectivity index (χ4v) is 5.63. The smallest absolute Gasteiger partial charge is 0.253 e. The van der Waals surface area contributed by atoms with E-state index in [1.807, 2.05) is 24.3 Å². The number of amides is 1. The molecule has 1 saturated carbocycles. The van der Waals surface area contributed by atoms with Crippen LogP contribution >= 0.6 is 0 Å². The van der Waals surface area contributed by atoms with Crippen molar-refractivity contribution in [1.29, 1.82) is 0 Å². The Morgan fingerprint density at radius 1 is 1.15 bits per heavy atom. The van der Waals surface area contributed by atoms with Gasteiger partial charge in [-0.3, -0.25) is 14.2 Å². The molecule has 7 heteroatoms. The molecule has 0 spiro atoms. The first kappa shape index (κ1) is 22.6. The first-order valence-electron chi connectivity index (χ1n) is 11.9. The maximum atomic E-state index is 15.4. The Morgan fingerprint density at radius 2 is 1.85 bits per heavy atom. The fraction of sp³-hybridized carbons (Fsp3) is 0.407. The molecule has 4 N–H and O–H groups in total. The van der Waals surface area contributed by atoms with E-state index < -0.39 is 11.7 Å². The van der Waals surface area contributed by atoms with Crippen LogP contribution in [-0.4, -0.2) is 33.6 Å². The van der Waals surface area contributed by atoms with Crippen molar-refractivity contribution < 1.29 is 19.1 Å². The first-order chi connectivity index (χ1) is 16.1. The molecule has 0 radical (unpaired) electrons. The number of carbonyl (C=O) groups excluding carboxylic acids is 2. The van der Waals surface area contributed by atoms with E-state index in [1.54, 1.807) is 10.6 Å². The van der Waals surface area contributed by atoms with Gasteiger partial charge in [0, 0.05) is 29.1 Å². The Morgan fingerprint density at radius 3 is 2.56 bits per heavy atom. The lowest BCUT2D eigenvalue weighted by atomic mass is 9.80. The summed E-state index contributed by atoms with van der Waals surface area (Å²) in [6.07, 6.45) is 3.54. The van der Waals surface area contributed by atoms with Crippen molar-refractivity contribution in [1.82, 2.24) is 4.57 Å². The zero-order valence-corrected chi connectivity index (χ0v) is 19.5. The molecule has 6 nitrogen and oxygen atoms in total. The number of hydrogen-bond acceptors (Lipinski definition) is 4. The summed E-state index contributed by atoms with van der Waals surface area (Å²) in [5.74, 6) is -1.49. The molecule has 34 heavy (non-hydrogen) atoms. The number of carbonyl (C=O) groups is 2. The summed E-state index contributed by atoms with van der Waals surface area (Å²) in [5.41, 5.74) is 8.63. The Balaban J connectivity index is 1.69. The van der Waals surface area contributed by atoms with Crippen LogP contribution in [0.4, 0.5) is 10.1 Å². The minimum absolute atomic E-state index is 0.0105. The van der Waals surface area contributed by atoms with Crippen molar-refractivity contribution in [3.8, 4) is 11.1 Å². The third kappa shape index (κ3) is 3.88. The summed E-state index contributed by atoms with van der Waals surface area (Å²) in [4.78, 5) is 25.3. The molecular weight excluding hydrogens is 433 g/mol. The number of fused-ring (bicyclic) bond motifs is 3. The summed E-state index contributed by atoms with van der Waals surface area (Å²) in [5, 5.41) is 14.0. The van der Waals surface area contributed by atoms with Crippen LogP contribution in [0, 0.1) is 11.2 Å². The summed E-state index contributed by atoms with van der Waals surface area (Å²) in [6, 6.07) is 10.8. The van der Waals surface area contributed by atoms with Crippen LogP contribution in [0.5, 0.6) is 0 Å². The number of aliphatic hydroxyl groups is 1. The summed E-state index contributed by atoms with van der Waals surface area (Å²) < 4.78 is 17.1. The number of aromatic nitrogens is 1. The second kappa shape index (κ2) is 8.24. The lowest BCUT2D eigenvalue weighted by Crippen LogP contribution is -2.31. The van der Waals surface area contributed by atoms with Gasteiger partial charge >= 0.3 is 0 Å². The van der Waals surface area contributed by atoms with Crippen LogP contribution in [-0.2, 0) is 6.42 Å². The fourth-order valence-electron chi connectivity index (χ4n) is 5.63.